The Labute approximate surface area is 91.5 Å². The molecule has 0 saturated carbocycles. The van der Waals surface area contributed by atoms with Crippen molar-refractivity contribution in [2.45, 2.75) is 19.8 Å². The van der Waals surface area contributed by atoms with E-state index in [1.807, 2.05) is 37.3 Å². The minimum absolute atomic E-state index is 0.244. The van der Waals surface area contributed by atoms with E-state index in [0.29, 0.717) is 19.5 Å². The Kier molecular flexibility index (Phi) is 8.63. The lowest BCUT2D eigenvalue weighted by Gasteiger charge is -1.96. The van der Waals surface area contributed by atoms with E-state index >= 15 is 0 Å². The van der Waals surface area contributed by atoms with Crippen LogP contribution >= 0.6 is 0 Å². The fraction of sp³-hybridized carbons (Fsp3) is 0.417. The van der Waals surface area contributed by atoms with Gasteiger partial charge in [0, 0.05) is 25.1 Å². The molecule has 0 bridgehead atoms. The molecule has 3 heteroatoms. The Hall–Kier alpha value is -1.19. The molecule has 0 aliphatic carbocycles. The van der Waals surface area contributed by atoms with Crippen molar-refractivity contribution < 1.29 is 4.79 Å². The average molecular weight is 208 g/mol. The smallest absolute Gasteiger partial charge is 0.162 e. The number of nitrogens with two attached hydrogens (primary N) is 2. The number of benzene rings is 1. The first-order valence-corrected chi connectivity index (χ1v) is 5.24. The molecule has 1 aromatic carbocycles. The van der Waals surface area contributed by atoms with Gasteiger partial charge >= 0.3 is 0 Å². The summed E-state index contributed by atoms with van der Waals surface area (Å²) < 4.78 is 0. The van der Waals surface area contributed by atoms with Gasteiger partial charge in [0.15, 0.2) is 5.78 Å². The standard InChI is InChI=1S/C10H12O.C2H8N2/c1-2-6-10(11)9-7-4-3-5-8-9;3-1-2-4/h3-5,7-8H,2,6H2,1H3;1-4H2. The third kappa shape index (κ3) is 6.82. The summed E-state index contributed by atoms with van der Waals surface area (Å²) in [5.74, 6) is 0.244. The lowest BCUT2D eigenvalue weighted by Crippen LogP contribution is -2.11. The number of ketones is 1. The van der Waals surface area contributed by atoms with Gasteiger partial charge < -0.3 is 11.5 Å². The summed E-state index contributed by atoms with van der Waals surface area (Å²) in [6.07, 6.45) is 1.58. The molecule has 1 rings (SSSR count). The fourth-order valence-corrected chi connectivity index (χ4v) is 0.995. The zero-order chi connectivity index (χ0) is 11.5. The van der Waals surface area contributed by atoms with E-state index in [0.717, 1.165) is 12.0 Å². The van der Waals surface area contributed by atoms with Gasteiger partial charge in [0.1, 0.15) is 0 Å². The quantitative estimate of drug-likeness (QED) is 0.738. The molecule has 0 spiro atoms. The van der Waals surface area contributed by atoms with Crippen LogP contribution in [0.4, 0.5) is 0 Å². The van der Waals surface area contributed by atoms with Gasteiger partial charge in [-0.05, 0) is 6.42 Å². The van der Waals surface area contributed by atoms with E-state index in [4.69, 9.17) is 11.5 Å². The van der Waals surface area contributed by atoms with Crippen LogP contribution in [0.5, 0.6) is 0 Å². The van der Waals surface area contributed by atoms with Crippen LogP contribution in [-0.4, -0.2) is 18.9 Å². The SMILES string of the molecule is CCCC(=O)c1ccccc1.NCCN. The molecule has 0 aliphatic rings. The maximum absolute atomic E-state index is 11.2. The molecule has 0 heterocycles. The number of rotatable bonds is 4. The summed E-state index contributed by atoms with van der Waals surface area (Å²) >= 11 is 0. The second-order valence-corrected chi connectivity index (χ2v) is 3.12. The maximum atomic E-state index is 11.2. The zero-order valence-electron chi connectivity index (χ0n) is 9.28. The number of carbonyl (C=O) groups excluding carboxylic acids is 1. The molecular weight excluding hydrogens is 188 g/mol. The van der Waals surface area contributed by atoms with Gasteiger partial charge in [-0.15, -0.1) is 0 Å². The highest BCUT2D eigenvalue weighted by Gasteiger charge is 2.01. The van der Waals surface area contributed by atoms with Crippen LogP contribution < -0.4 is 11.5 Å². The Balaban J connectivity index is 0.000000423. The van der Waals surface area contributed by atoms with Crippen molar-refractivity contribution in [3.8, 4) is 0 Å². The van der Waals surface area contributed by atoms with E-state index in [2.05, 4.69) is 0 Å². The molecule has 1 aromatic rings. The van der Waals surface area contributed by atoms with Crippen LogP contribution in [0.2, 0.25) is 0 Å². The highest BCUT2D eigenvalue weighted by molar-refractivity contribution is 5.95. The normalized spacial score (nSPS) is 9.00. The molecule has 0 atom stereocenters. The van der Waals surface area contributed by atoms with Crippen molar-refractivity contribution >= 4 is 5.78 Å². The Morgan fingerprint density at radius 1 is 1.13 bits per heavy atom. The third-order valence-corrected chi connectivity index (χ3v) is 1.74. The minimum atomic E-state index is 0.244. The molecule has 0 amide bonds. The maximum Gasteiger partial charge on any atom is 0.162 e. The van der Waals surface area contributed by atoms with Crippen molar-refractivity contribution in [3.63, 3.8) is 0 Å². The number of hydrogen-bond donors (Lipinski definition) is 2. The van der Waals surface area contributed by atoms with E-state index in [-0.39, 0.29) is 5.78 Å². The van der Waals surface area contributed by atoms with Gasteiger partial charge in [0.05, 0.1) is 0 Å². The predicted molar refractivity (Wildman–Crippen MR) is 63.8 cm³/mol. The molecule has 0 aliphatic heterocycles. The Bertz CT molecular complexity index is 258. The summed E-state index contributed by atoms with van der Waals surface area (Å²) in [5, 5.41) is 0. The summed E-state index contributed by atoms with van der Waals surface area (Å²) in [4.78, 5) is 11.2. The molecule has 0 unspecified atom stereocenters. The van der Waals surface area contributed by atoms with Crippen LogP contribution in [0.25, 0.3) is 0 Å². The largest absolute Gasteiger partial charge is 0.329 e. The highest BCUT2D eigenvalue weighted by atomic mass is 16.1. The molecule has 4 N–H and O–H groups in total. The third-order valence-electron chi connectivity index (χ3n) is 1.74. The van der Waals surface area contributed by atoms with Crippen molar-refractivity contribution in [2.75, 3.05) is 13.1 Å². The first kappa shape index (κ1) is 13.8. The number of hydrogen-bond acceptors (Lipinski definition) is 3. The first-order chi connectivity index (χ1) is 7.26. The second kappa shape index (κ2) is 9.37. The molecular formula is C12H20N2O. The molecule has 0 radical (unpaired) electrons. The van der Waals surface area contributed by atoms with E-state index in [1.165, 1.54) is 0 Å². The van der Waals surface area contributed by atoms with Crippen LogP contribution in [0.1, 0.15) is 30.1 Å². The summed E-state index contributed by atoms with van der Waals surface area (Å²) in [6, 6.07) is 9.42. The molecule has 15 heavy (non-hydrogen) atoms. The zero-order valence-corrected chi connectivity index (χ0v) is 9.28. The van der Waals surface area contributed by atoms with Gasteiger partial charge in [0.25, 0.3) is 0 Å². The number of Topliss-reactive ketones (excluding diaryl/α,β-unsaturated/α-hetero) is 1. The Morgan fingerprint density at radius 3 is 2.07 bits per heavy atom. The van der Waals surface area contributed by atoms with E-state index in [9.17, 15) is 4.79 Å². The van der Waals surface area contributed by atoms with Gasteiger partial charge in [-0.25, -0.2) is 0 Å². The fourth-order valence-electron chi connectivity index (χ4n) is 0.995. The average Bonchev–Trinajstić information content (AvgIpc) is 2.31. The second-order valence-electron chi connectivity index (χ2n) is 3.12. The predicted octanol–water partition coefficient (Wildman–Crippen LogP) is 1.57. The lowest BCUT2D eigenvalue weighted by molar-refractivity contribution is 0.0982. The van der Waals surface area contributed by atoms with Crippen LogP contribution in [0.15, 0.2) is 30.3 Å². The first-order valence-electron chi connectivity index (χ1n) is 5.24. The molecule has 0 saturated heterocycles. The summed E-state index contributed by atoms with van der Waals surface area (Å²) in [6.45, 7) is 3.21. The van der Waals surface area contributed by atoms with Crippen LogP contribution in [-0.2, 0) is 0 Å². The van der Waals surface area contributed by atoms with Crippen molar-refractivity contribution in [2.24, 2.45) is 11.5 Å². The van der Waals surface area contributed by atoms with Crippen LogP contribution in [0.3, 0.4) is 0 Å². The summed E-state index contributed by atoms with van der Waals surface area (Å²) in [5.41, 5.74) is 10.6. The Morgan fingerprint density at radius 2 is 1.67 bits per heavy atom. The van der Waals surface area contributed by atoms with Crippen LogP contribution in [0, 0.1) is 0 Å². The molecule has 0 fully saturated rings. The van der Waals surface area contributed by atoms with Gasteiger partial charge in [-0.2, -0.15) is 0 Å². The topological polar surface area (TPSA) is 69.1 Å². The summed E-state index contributed by atoms with van der Waals surface area (Å²) in [7, 11) is 0. The van der Waals surface area contributed by atoms with E-state index in [1.54, 1.807) is 0 Å². The lowest BCUT2D eigenvalue weighted by atomic mass is 10.1. The van der Waals surface area contributed by atoms with Gasteiger partial charge in [-0.3, -0.25) is 4.79 Å². The highest BCUT2D eigenvalue weighted by Crippen LogP contribution is 2.03. The van der Waals surface area contributed by atoms with Crippen molar-refractivity contribution in [1.82, 2.24) is 0 Å². The molecule has 0 aromatic heterocycles. The monoisotopic (exact) mass is 208 g/mol. The van der Waals surface area contributed by atoms with Crippen molar-refractivity contribution in [1.29, 1.82) is 0 Å². The van der Waals surface area contributed by atoms with E-state index < -0.39 is 0 Å². The van der Waals surface area contributed by atoms with Gasteiger partial charge in [-0.1, -0.05) is 37.3 Å². The molecule has 84 valence electrons. The minimum Gasteiger partial charge on any atom is -0.329 e. The van der Waals surface area contributed by atoms with Gasteiger partial charge in [0.2, 0.25) is 0 Å². The molecule has 3 nitrogen and oxygen atoms in total. The van der Waals surface area contributed by atoms with Crippen molar-refractivity contribution in [3.05, 3.63) is 35.9 Å². The number of carbonyl (C=O) groups is 1.